The number of hydrogen-bond donors (Lipinski definition) is 1. The van der Waals surface area contributed by atoms with Crippen LogP contribution in [0.25, 0.3) is 0 Å². The highest BCUT2D eigenvalue weighted by Gasteiger charge is 2.28. The van der Waals surface area contributed by atoms with Crippen LogP contribution in [-0.4, -0.2) is 19.3 Å². The molecule has 1 aromatic carbocycles. The zero-order chi connectivity index (χ0) is 11.5. The van der Waals surface area contributed by atoms with Gasteiger partial charge in [-0.3, -0.25) is 0 Å². The fourth-order valence-corrected chi connectivity index (χ4v) is 2.00. The lowest BCUT2D eigenvalue weighted by Crippen LogP contribution is -2.44. The van der Waals surface area contributed by atoms with Crippen LogP contribution in [0.2, 0.25) is 5.02 Å². The van der Waals surface area contributed by atoms with Crippen LogP contribution in [0, 0.1) is 5.82 Å². The Morgan fingerprint density at radius 2 is 2.25 bits per heavy atom. The van der Waals surface area contributed by atoms with Gasteiger partial charge in [-0.25, -0.2) is 4.39 Å². The average Bonchev–Trinajstić information content (AvgIpc) is 2.18. The zero-order valence-corrected chi connectivity index (χ0v) is 9.93. The number of nitrogens with one attached hydrogen (secondary N) is 1. The summed E-state index contributed by atoms with van der Waals surface area (Å²) in [7, 11) is 1.72. The molecule has 0 bridgehead atoms. The highest BCUT2D eigenvalue weighted by molar-refractivity contribution is 6.30. The molecular formula is C12H15ClFNO. The fraction of sp³-hybridized carbons (Fsp3) is 0.500. The Morgan fingerprint density at radius 3 is 2.88 bits per heavy atom. The highest BCUT2D eigenvalue weighted by Crippen LogP contribution is 2.23. The molecule has 16 heavy (non-hydrogen) atoms. The number of halogens is 2. The maximum Gasteiger partial charge on any atom is 0.129 e. The standard InChI is InChI=1S/C12H15ClFNO/c1-16-11-5-10(6-11)15-7-8-2-3-9(13)4-12(8)14/h2-4,10-11,15H,5-7H2,1H3. The van der Waals surface area contributed by atoms with E-state index >= 15 is 0 Å². The van der Waals surface area contributed by atoms with Crippen molar-refractivity contribution in [2.24, 2.45) is 0 Å². The van der Waals surface area contributed by atoms with Crippen molar-refractivity contribution in [3.63, 3.8) is 0 Å². The van der Waals surface area contributed by atoms with Gasteiger partial charge >= 0.3 is 0 Å². The Labute approximate surface area is 99.7 Å². The van der Waals surface area contributed by atoms with Crippen LogP contribution in [0.3, 0.4) is 0 Å². The van der Waals surface area contributed by atoms with E-state index in [2.05, 4.69) is 5.32 Å². The maximum absolute atomic E-state index is 13.4. The van der Waals surface area contributed by atoms with Crippen molar-refractivity contribution in [3.8, 4) is 0 Å². The molecule has 1 fully saturated rings. The third-order valence-electron chi connectivity index (χ3n) is 3.02. The van der Waals surface area contributed by atoms with Crippen molar-refractivity contribution in [2.45, 2.75) is 31.5 Å². The van der Waals surface area contributed by atoms with Gasteiger partial charge in [0.25, 0.3) is 0 Å². The third kappa shape index (κ3) is 2.73. The molecule has 0 atom stereocenters. The van der Waals surface area contributed by atoms with E-state index in [4.69, 9.17) is 16.3 Å². The largest absolute Gasteiger partial charge is 0.381 e. The molecule has 88 valence electrons. The lowest BCUT2D eigenvalue weighted by atomic mass is 9.89. The van der Waals surface area contributed by atoms with Gasteiger partial charge in [-0.2, -0.15) is 0 Å². The van der Waals surface area contributed by atoms with Gasteiger partial charge in [-0.15, -0.1) is 0 Å². The molecule has 2 rings (SSSR count). The Kier molecular flexibility index (Phi) is 3.79. The summed E-state index contributed by atoms with van der Waals surface area (Å²) >= 11 is 5.68. The molecule has 0 unspecified atom stereocenters. The highest BCUT2D eigenvalue weighted by atomic mass is 35.5. The van der Waals surface area contributed by atoms with Crippen molar-refractivity contribution in [1.82, 2.24) is 5.32 Å². The van der Waals surface area contributed by atoms with Crippen LogP contribution in [-0.2, 0) is 11.3 Å². The quantitative estimate of drug-likeness (QED) is 0.878. The van der Waals surface area contributed by atoms with Crippen molar-refractivity contribution in [3.05, 3.63) is 34.6 Å². The summed E-state index contributed by atoms with van der Waals surface area (Å²) in [5.41, 5.74) is 0.658. The van der Waals surface area contributed by atoms with E-state index in [0.717, 1.165) is 12.8 Å². The van der Waals surface area contributed by atoms with E-state index in [9.17, 15) is 4.39 Å². The first-order valence-electron chi connectivity index (χ1n) is 5.39. The summed E-state index contributed by atoms with van der Waals surface area (Å²) in [6, 6.07) is 5.22. The summed E-state index contributed by atoms with van der Waals surface area (Å²) in [5.74, 6) is -0.248. The van der Waals surface area contributed by atoms with Gasteiger partial charge in [0, 0.05) is 30.3 Å². The molecule has 1 aromatic rings. The summed E-state index contributed by atoms with van der Waals surface area (Å²) in [6.45, 7) is 0.546. The monoisotopic (exact) mass is 243 g/mol. The number of methoxy groups -OCH3 is 1. The molecule has 0 radical (unpaired) electrons. The van der Waals surface area contributed by atoms with Crippen LogP contribution in [0.1, 0.15) is 18.4 Å². The molecule has 4 heteroatoms. The van der Waals surface area contributed by atoms with Gasteiger partial charge in [-0.1, -0.05) is 17.7 Å². The molecule has 2 nitrogen and oxygen atoms in total. The molecule has 1 N–H and O–H groups in total. The molecule has 0 heterocycles. The molecule has 0 amide bonds. The van der Waals surface area contributed by atoms with Gasteiger partial charge in [0.05, 0.1) is 6.10 Å². The number of benzene rings is 1. The van der Waals surface area contributed by atoms with E-state index in [-0.39, 0.29) is 5.82 Å². The third-order valence-corrected chi connectivity index (χ3v) is 3.26. The van der Waals surface area contributed by atoms with Crippen LogP contribution >= 0.6 is 11.6 Å². The first-order chi connectivity index (χ1) is 7.69. The van der Waals surface area contributed by atoms with E-state index in [1.807, 2.05) is 0 Å². The summed E-state index contributed by atoms with van der Waals surface area (Å²) in [6.07, 6.45) is 2.38. The van der Waals surface area contributed by atoms with Gasteiger partial charge in [0.2, 0.25) is 0 Å². The second-order valence-electron chi connectivity index (χ2n) is 4.14. The summed E-state index contributed by atoms with van der Waals surface area (Å²) < 4.78 is 18.6. The van der Waals surface area contributed by atoms with Crippen molar-refractivity contribution >= 4 is 11.6 Å². The average molecular weight is 244 g/mol. The predicted molar refractivity (Wildman–Crippen MR) is 62.1 cm³/mol. The number of hydrogen-bond acceptors (Lipinski definition) is 2. The molecular weight excluding hydrogens is 229 g/mol. The van der Waals surface area contributed by atoms with Crippen molar-refractivity contribution in [2.75, 3.05) is 7.11 Å². The molecule has 1 saturated carbocycles. The van der Waals surface area contributed by atoms with E-state index in [1.54, 1.807) is 19.2 Å². The van der Waals surface area contributed by atoms with Crippen LogP contribution in [0.15, 0.2) is 18.2 Å². The van der Waals surface area contributed by atoms with E-state index in [1.165, 1.54) is 6.07 Å². The van der Waals surface area contributed by atoms with E-state index < -0.39 is 0 Å². The molecule has 0 saturated heterocycles. The molecule has 0 aromatic heterocycles. The maximum atomic E-state index is 13.4. The second kappa shape index (κ2) is 5.13. The second-order valence-corrected chi connectivity index (χ2v) is 4.58. The first kappa shape index (κ1) is 11.8. The minimum absolute atomic E-state index is 0.248. The molecule has 0 aliphatic heterocycles. The lowest BCUT2D eigenvalue weighted by molar-refractivity contribution is 0.0169. The Hall–Kier alpha value is -0.640. The van der Waals surface area contributed by atoms with Crippen molar-refractivity contribution < 1.29 is 9.13 Å². The van der Waals surface area contributed by atoms with Crippen LogP contribution in [0.5, 0.6) is 0 Å². The minimum atomic E-state index is -0.248. The van der Waals surface area contributed by atoms with Gasteiger partial charge in [0.1, 0.15) is 5.82 Å². The topological polar surface area (TPSA) is 21.3 Å². The smallest absolute Gasteiger partial charge is 0.129 e. The minimum Gasteiger partial charge on any atom is -0.381 e. The number of ether oxygens (including phenoxy) is 1. The number of rotatable bonds is 4. The molecule has 0 spiro atoms. The van der Waals surface area contributed by atoms with E-state index in [0.29, 0.717) is 29.3 Å². The summed E-state index contributed by atoms with van der Waals surface area (Å²) in [4.78, 5) is 0. The normalized spacial score (nSPS) is 24.2. The Morgan fingerprint density at radius 1 is 1.50 bits per heavy atom. The first-order valence-corrected chi connectivity index (χ1v) is 5.77. The molecule has 1 aliphatic carbocycles. The SMILES string of the molecule is COC1CC(NCc2ccc(Cl)cc2F)C1. The van der Waals surface area contributed by atoms with Crippen LogP contribution in [0.4, 0.5) is 4.39 Å². The van der Waals surface area contributed by atoms with Crippen LogP contribution < -0.4 is 5.32 Å². The molecule has 1 aliphatic rings. The predicted octanol–water partition coefficient (Wildman–Crippen LogP) is 2.75. The Balaban J connectivity index is 1.82. The lowest BCUT2D eigenvalue weighted by Gasteiger charge is -2.34. The Bertz CT molecular complexity index is 366. The fourth-order valence-electron chi connectivity index (χ4n) is 1.84. The van der Waals surface area contributed by atoms with Crippen molar-refractivity contribution in [1.29, 1.82) is 0 Å². The van der Waals surface area contributed by atoms with Gasteiger partial charge in [-0.05, 0) is 25.0 Å². The van der Waals surface area contributed by atoms with Gasteiger partial charge < -0.3 is 10.1 Å². The van der Waals surface area contributed by atoms with Gasteiger partial charge in [0.15, 0.2) is 0 Å². The summed E-state index contributed by atoms with van der Waals surface area (Å²) in [5, 5.41) is 3.73. The zero-order valence-electron chi connectivity index (χ0n) is 9.17.